The number of amides is 2. The minimum Gasteiger partial charge on any atom is -0.493 e. The van der Waals surface area contributed by atoms with E-state index in [-0.39, 0.29) is 5.92 Å². The van der Waals surface area contributed by atoms with Crippen LogP contribution < -0.4 is 15.4 Å². The fourth-order valence-electron chi connectivity index (χ4n) is 3.65. The van der Waals surface area contributed by atoms with E-state index < -0.39 is 29.9 Å². The molecule has 0 radical (unpaired) electrons. The van der Waals surface area contributed by atoms with Gasteiger partial charge in [-0.25, -0.2) is 4.79 Å². The number of carbonyl (C=O) groups is 3. The van der Waals surface area contributed by atoms with Gasteiger partial charge in [0.2, 0.25) is 0 Å². The summed E-state index contributed by atoms with van der Waals surface area (Å²) in [6, 6.07) is 23.0. The van der Waals surface area contributed by atoms with E-state index in [4.69, 9.17) is 9.47 Å². The van der Waals surface area contributed by atoms with Gasteiger partial charge in [0.05, 0.1) is 12.2 Å². The molecular formula is C29H32N2O5. The molecule has 2 amide bonds. The Morgan fingerprint density at radius 1 is 0.833 bits per heavy atom. The highest BCUT2D eigenvalue weighted by Crippen LogP contribution is 2.27. The Morgan fingerprint density at radius 3 is 2.17 bits per heavy atom. The average Bonchev–Trinajstić information content (AvgIpc) is 2.88. The molecule has 2 N–H and O–H groups in total. The van der Waals surface area contributed by atoms with Gasteiger partial charge in [-0.2, -0.15) is 0 Å². The van der Waals surface area contributed by atoms with Crippen molar-refractivity contribution in [3.05, 3.63) is 84.4 Å². The maximum atomic E-state index is 13.0. The second-order valence-corrected chi connectivity index (χ2v) is 8.60. The summed E-state index contributed by atoms with van der Waals surface area (Å²) in [5, 5.41) is 5.58. The summed E-state index contributed by atoms with van der Waals surface area (Å²) >= 11 is 0. The summed E-state index contributed by atoms with van der Waals surface area (Å²) in [6.45, 7) is 7.32. The number of carbonyl (C=O) groups excluding carboxylic acids is 3. The molecule has 7 heteroatoms. The Bertz CT molecular complexity index is 1190. The summed E-state index contributed by atoms with van der Waals surface area (Å²) in [4.78, 5) is 38.8. The van der Waals surface area contributed by atoms with Crippen LogP contribution in [-0.4, -0.2) is 36.5 Å². The van der Waals surface area contributed by atoms with E-state index in [1.807, 2.05) is 55.5 Å². The van der Waals surface area contributed by atoms with Crippen molar-refractivity contribution >= 4 is 23.5 Å². The molecule has 0 heterocycles. The van der Waals surface area contributed by atoms with Gasteiger partial charge in [-0.3, -0.25) is 9.59 Å². The molecule has 2 atom stereocenters. The quantitative estimate of drug-likeness (QED) is 0.388. The summed E-state index contributed by atoms with van der Waals surface area (Å²) in [5.74, 6) is -1.45. The zero-order valence-corrected chi connectivity index (χ0v) is 21.0. The number of anilines is 1. The summed E-state index contributed by atoms with van der Waals surface area (Å²) in [5.41, 5.74) is 2.73. The molecule has 0 aliphatic rings. The molecule has 3 rings (SSSR count). The van der Waals surface area contributed by atoms with Crippen LogP contribution in [0.15, 0.2) is 78.9 Å². The lowest BCUT2D eigenvalue weighted by molar-refractivity contribution is -0.156. The van der Waals surface area contributed by atoms with Gasteiger partial charge in [0.25, 0.3) is 11.8 Å². The topological polar surface area (TPSA) is 93.7 Å². The van der Waals surface area contributed by atoms with Crippen LogP contribution in [0.2, 0.25) is 0 Å². The van der Waals surface area contributed by atoms with Crippen molar-refractivity contribution in [2.24, 2.45) is 5.92 Å². The molecule has 0 saturated heterocycles. The third kappa shape index (κ3) is 6.72. The molecule has 0 saturated carbocycles. The number of benzene rings is 3. The number of ether oxygens (including phenoxy) is 2. The second-order valence-electron chi connectivity index (χ2n) is 8.60. The lowest BCUT2D eigenvalue weighted by Gasteiger charge is -2.23. The Kier molecular flexibility index (Phi) is 9.22. The van der Waals surface area contributed by atoms with Crippen molar-refractivity contribution in [1.82, 2.24) is 5.32 Å². The number of para-hydroxylation sites is 2. The molecule has 3 aromatic carbocycles. The predicted octanol–water partition coefficient (Wildman–Crippen LogP) is 5.08. The highest BCUT2D eigenvalue weighted by Gasteiger charge is 2.30. The maximum Gasteiger partial charge on any atom is 0.329 e. The Labute approximate surface area is 211 Å². The van der Waals surface area contributed by atoms with Gasteiger partial charge in [-0.05, 0) is 43.5 Å². The highest BCUT2D eigenvalue weighted by molar-refractivity contribution is 6.00. The van der Waals surface area contributed by atoms with Crippen LogP contribution in [0.1, 0.15) is 38.1 Å². The van der Waals surface area contributed by atoms with Gasteiger partial charge in [0.15, 0.2) is 6.10 Å². The number of hydrogen-bond donors (Lipinski definition) is 2. The first-order valence-corrected chi connectivity index (χ1v) is 12.0. The predicted molar refractivity (Wildman–Crippen MR) is 140 cm³/mol. The third-order valence-corrected chi connectivity index (χ3v) is 5.57. The van der Waals surface area contributed by atoms with Gasteiger partial charge in [-0.15, -0.1) is 0 Å². The van der Waals surface area contributed by atoms with Crippen LogP contribution in [0, 0.1) is 5.92 Å². The van der Waals surface area contributed by atoms with Crippen molar-refractivity contribution < 1.29 is 23.9 Å². The first-order chi connectivity index (χ1) is 17.3. The van der Waals surface area contributed by atoms with Gasteiger partial charge in [0.1, 0.15) is 11.8 Å². The lowest BCUT2D eigenvalue weighted by Crippen LogP contribution is -2.47. The minimum absolute atomic E-state index is 0.269. The monoisotopic (exact) mass is 488 g/mol. The van der Waals surface area contributed by atoms with Crippen LogP contribution in [0.3, 0.4) is 0 Å². The van der Waals surface area contributed by atoms with Crippen LogP contribution in [0.5, 0.6) is 5.75 Å². The van der Waals surface area contributed by atoms with Crippen molar-refractivity contribution in [3.8, 4) is 16.9 Å². The van der Waals surface area contributed by atoms with Gasteiger partial charge >= 0.3 is 5.97 Å². The van der Waals surface area contributed by atoms with Crippen LogP contribution in [0.4, 0.5) is 5.69 Å². The van der Waals surface area contributed by atoms with E-state index in [2.05, 4.69) is 10.6 Å². The van der Waals surface area contributed by atoms with Crippen molar-refractivity contribution in [3.63, 3.8) is 0 Å². The highest BCUT2D eigenvalue weighted by atomic mass is 16.5. The molecule has 7 nitrogen and oxygen atoms in total. The fraction of sp³-hybridized carbons (Fsp3) is 0.276. The van der Waals surface area contributed by atoms with Gasteiger partial charge in [0, 0.05) is 11.3 Å². The number of rotatable bonds is 10. The molecule has 0 aromatic heterocycles. The normalized spacial score (nSPS) is 12.4. The van der Waals surface area contributed by atoms with Crippen LogP contribution >= 0.6 is 0 Å². The van der Waals surface area contributed by atoms with E-state index in [0.29, 0.717) is 23.6 Å². The van der Waals surface area contributed by atoms with Crippen molar-refractivity contribution in [1.29, 1.82) is 0 Å². The number of nitrogens with one attached hydrogen (secondary N) is 2. The largest absolute Gasteiger partial charge is 0.493 e. The molecule has 0 spiro atoms. The maximum absolute atomic E-state index is 13.0. The van der Waals surface area contributed by atoms with Crippen molar-refractivity contribution in [2.45, 2.75) is 39.8 Å². The molecule has 0 bridgehead atoms. The van der Waals surface area contributed by atoms with Crippen LogP contribution in [0.25, 0.3) is 11.1 Å². The van der Waals surface area contributed by atoms with Crippen LogP contribution in [-0.2, 0) is 14.3 Å². The molecule has 1 unspecified atom stereocenters. The van der Waals surface area contributed by atoms with Crippen molar-refractivity contribution in [2.75, 3.05) is 11.9 Å². The number of hydrogen-bond acceptors (Lipinski definition) is 5. The van der Waals surface area contributed by atoms with E-state index in [1.54, 1.807) is 44.2 Å². The zero-order valence-electron chi connectivity index (χ0n) is 21.0. The minimum atomic E-state index is -1.07. The first-order valence-electron chi connectivity index (χ1n) is 12.0. The Hall–Kier alpha value is -4.13. The summed E-state index contributed by atoms with van der Waals surface area (Å²) in [7, 11) is 0. The Balaban J connectivity index is 1.68. The van der Waals surface area contributed by atoms with Gasteiger partial charge in [-0.1, -0.05) is 74.5 Å². The standard InChI is InChI=1S/C29H32N2O5/c1-5-35-25-18-12-10-16-23(25)28(33)31-26(19(2)3)29(34)36-20(4)27(32)30-24-17-11-9-15-22(24)21-13-7-6-8-14-21/h6-20,26H,5H2,1-4H3,(H,30,32)(H,31,33)/t20?,26-/m0/s1. The van der Waals surface area contributed by atoms with E-state index in [9.17, 15) is 14.4 Å². The third-order valence-electron chi connectivity index (χ3n) is 5.57. The van der Waals surface area contributed by atoms with Gasteiger partial charge < -0.3 is 20.1 Å². The zero-order chi connectivity index (χ0) is 26.1. The fourth-order valence-corrected chi connectivity index (χ4v) is 3.65. The SMILES string of the molecule is CCOc1ccccc1C(=O)N[C@H](C(=O)OC(C)C(=O)Nc1ccccc1-c1ccccc1)C(C)C. The molecule has 0 aliphatic heterocycles. The Morgan fingerprint density at radius 2 is 1.47 bits per heavy atom. The second kappa shape index (κ2) is 12.5. The summed E-state index contributed by atoms with van der Waals surface area (Å²) in [6.07, 6.45) is -1.07. The molecule has 188 valence electrons. The molecule has 3 aromatic rings. The van der Waals surface area contributed by atoms with E-state index in [0.717, 1.165) is 11.1 Å². The summed E-state index contributed by atoms with van der Waals surface area (Å²) < 4.78 is 11.0. The number of esters is 1. The van der Waals surface area contributed by atoms with E-state index in [1.165, 1.54) is 6.92 Å². The average molecular weight is 489 g/mol. The molecule has 36 heavy (non-hydrogen) atoms. The molecular weight excluding hydrogens is 456 g/mol. The smallest absolute Gasteiger partial charge is 0.329 e. The molecule has 0 aliphatic carbocycles. The molecule has 0 fully saturated rings. The lowest BCUT2D eigenvalue weighted by atomic mass is 10.0. The first kappa shape index (κ1) is 26.5. The van der Waals surface area contributed by atoms with E-state index >= 15 is 0 Å².